The van der Waals surface area contributed by atoms with Crippen molar-refractivity contribution in [2.24, 2.45) is 7.05 Å². The summed E-state index contributed by atoms with van der Waals surface area (Å²) in [7, 11) is 1.87. The van der Waals surface area contributed by atoms with E-state index < -0.39 is 0 Å². The summed E-state index contributed by atoms with van der Waals surface area (Å²) in [6, 6.07) is 7.55. The Bertz CT molecular complexity index is 478. The minimum Gasteiger partial charge on any atom is -0.397 e. The van der Waals surface area contributed by atoms with Crippen LogP contribution in [0.1, 0.15) is 0 Å². The quantitative estimate of drug-likeness (QED) is 0.822. The molecule has 0 saturated carbocycles. The number of anilines is 3. The normalized spacial score (nSPS) is 10.3. The van der Waals surface area contributed by atoms with Crippen molar-refractivity contribution in [1.82, 2.24) is 9.78 Å². The molecule has 15 heavy (non-hydrogen) atoms. The number of benzene rings is 1. The van der Waals surface area contributed by atoms with E-state index in [1.54, 1.807) is 4.68 Å². The summed E-state index contributed by atoms with van der Waals surface area (Å²) in [5, 5.41) is 7.36. The summed E-state index contributed by atoms with van der Waals surface area (Å²) >= 11 is 3.39. The zero-order valence-corrected chi connectivity index (χ0v) is 9.82. The Morgan fingerprint density at radius 1 is 1.40 bits per heavy atom. The van der Waals surface area contributed by atoms with E-state index >= 15 is 0 Å². The van der Waals surface area contributed by atoms with Gasteiger partial charge in [0.25, 0.3) is 0 Å². The third-order valence-corrected chi connectivity index (χ3v) is 2.48. The summed E-state index contributed by atoms with van der Waals surface area (Å²) in [5.74, 6) is 0.780. The van der Waals surface area contributed by atoms with E-state index in [1.807, 2.05) is 37.5 Å². The summed E-state index contributed by atoms with van der Waals surface area (Å²) in [6.45, 7) is 0. The van der Waals surface area contributed by atoms with E-state index in [-0.39, 0.29) is 0 Å². The van der Waals surface area contributed by atoms with Crippen molar-refractivity contribution in [3.8, 4) is 0 Å². The minimum atomic E-state index is 0.698. The number of hydrogen-bond acceptors (Lipinski definition) is 3. The van der Waals surface area contributed by atoms with Crippen molar-refractivity contribution in [1.29, 1.82) is 0 Å². The lowest BCUT2D eigenvalue weighted by molar-refractivity contribution is 0.771. The number of aryl methyl sites for hydroxylation is 1. The fourth-order valence-electron chi connectivity index (χ4n) is 1.26. The van der Waals surface area contributed by atoms with Gasteiger partial charge in [-0.1, -0.05) is 15.9 Å². The van der Waals surface area contributed by atoms with Crippen LogP contribution in [0.25, 0.3) is 0 Å². The Kier molecular flexibility index (Phi) is 2.64. The van der Waals surface area contributed by atoms with Gasteiger partial charge in [0, 0.05) is 23.8 Å². The first kappa shape index (κ1) is 10.0. The maximum atomic E-state index is 5.83. The van der Waals surface area contributed by atoms with Crippen molar-refractivity contribution < 1.29 is 0 Å². The molecule has 0 saturated heterocycles. The molecule has 5 heteroatoms. The number of nitrogen functional groups attached to an aromatic ring is 1. The lowest BCUT2D eigenvalue weighted by Crippen LogP contribution is -1.97. The lowest BCUT2D eigenvalue weighted by Gasteiger charge is -2.06. The maximum Gasteiger partial charge on any atom is 0.152 e. The van der Waals surface area contributed by atoms with E-state index in [4.69, 9.17) is 5.73 Å². The third kappa shape index (κ3) is 2.30. The number of hydrogen-bond donors (Lipinski definition) is 2. The first-order chi connectivity index (χ1) is 7.15. The van der Waals surface area contributed by atoms with Crippen LogP contribution in [-0.4, -0.2) is 9.78 Å². The van der Waals surface area contributed by atoms with Crippen LogP contribution in [0.3, 0.4) is 0 Å². The predicted octanol–water partition coefficient (Wildman–Crippen LogP) is 2.51. The molecule has 0 spiro atoms. The number of nitrogens with zero attached hydrogens (tertiary/aromatic N) is 2. The van der Waals surface area contributed by atoms with E-state index in [1.165, 1.54) is 0 Å². The molecule has 0 amide bonds. The SMILES string of the molecule is Cn1ccc(Nc2cc(Br)ccc2N)n1. The molecular formula is C10H11BrN4. The summed E-state index contributed by atoms with van der Waals surface area (Å²) in [6.07, 6.45) is 1.87. The highest BCUT2D eigenvalue weighted by Crippen LogP contribution is 2.25. The number of nitrogens with one attached hydrogen (secondary N) is 1. The van der Waals surface area contributed by atoms with Crippen molar-refractivity contribution in [2.45, 2.75) is 0 Å². The Hall–Kier alpha value is -1.49. The molecule has 1 aromatic carbocycles. The molecule has 0 atom stereocenters. The van der Waals surface area contributed by atoms with Crippen LogP contribution in [0.2, 0.25) is 0 Å². The van der Waals surface area contributed by atoms with Crippen LogP contribution < -0.4 is 11.1 Å². The van der Waals surface area contributed by atoms with Crippen LogP contribution in [-0.2, 0) is 7.05 Å². The first-order valence-electron chi connectivity index (χ1n) is 4.47. The molecule has 0 aliphatic rings. The van der Waals surface area contributed by atoms with Gasteiger partial charge >= 0.3 is 0 Å². The Morgan fingerprint density at radius 2 is 2.20 bits per heavy atom. The Morgan fingerprint density at radius 3 is 2.87 bits per heavy atom. The van der Waals surface area contributed by atoms with Crippen molar-refractivity contribution >= 4 is 33.1 Å². The fourth-order valence-corrected chi connectivity index (χ4v) is 1.62. The van der Waals surface area contributed by atoms with Crippen LogP contribution in [0.15, 0.2) is 34.9 Å². The average molecular weight is 267 g/mol. The molecule has 0 aliphatic carbocycles. The molecule has 4 nitrogen and oxygen atoms in total. The molecular weight excluding hydrogens is 256 g/mol. The summed E-state index contributed by atoms with van der Waals surface area (Å²) in [4.78, 5) is 0. The standard InChI is InChI=1S/C10H11BrN4/c1-15-5-4-10(14-15)13-9-6-7(11)2-3-8(9)12/h2-6H,12H2,1H3,(H,13,14). The van der Waals surface area contributed by atoms with Gasteiger partial charge in [-0.2, -0.15) is 5.10 Å². The van der Waals surface area contributed by atoms with Gasteiger partial charge in [0.2, 0.25) is 0 Å². The molecule has 78 valence electrons. The Labute approximate surface area is 96.2 Å². The smallest absolute Gasteiger partial charge is 0.152 e. The second-order valence-corrected chi connectivity index (χ2v) is 4.15. The largest absolute Gasteiger partial charge is 0.397 e. The van der Waals surface area contributed by atoms with Gasteiger partial charge in [0.05, 0.1) is 11.4 Å². The topological polar surface area (TPSA) is 55.9 Å². The van der Waals surface area contributed by atoms with Gasteiger partial charge in [-0.3, -0.25) is 4.68 Å². The van der Waals surface area contributed by atoms with E-state index in [0.29, 0.717) is 5.69 Å². The van der Waals surface area contributed by atoms with Gasteiger partial charge in [0.15, 0.2) is 5.82 Å². The predicted molar refractivity (Wildman–Crippen MR) is 65.0 cm³/mol. The molecule has 0 fully saturated rings. The Balaban J connectivity index is 2.27. The second-order valence-electron chi connectivity index (χ2n) is 3.23. The van der Waals surface area contributed by atoms with Gasteiger partial charge in [-0.25, -0.2) is 0 Å². The number of halogens is 1. The van der Waals surface area contributed by atoms with Crippen LogP contribution >= 0.6 is 15.9 Å². The van der Waals surface area contributed by atoms with E-state index in [2.05, 4.69) is 26.3 Å². The molecule has 0 radical (unpaired) electrons. The number of aromatic nitrogens is 2. The van der Waals surface area contributed by atoms with Gasteiger partial charge < -0.3 is 11.1 Å². The average Bonchev–Trinajstić information content (AvgIpc) is 2.58. The summed E-state index contributed by atoms with van der Waals surface area (Å²) < 4.78 is 2.71. The van der Waals surface area contributed by atoms with Crippen LogP contribution in [0, 0.1) is 0 Å². The molecule has 0 aliphatic heterocycles. The zero-order valence-electron chi connectivity index (χ0n) is 8.24. The van der Waals surface area contributed by atoms with Crippen molar-refractivity contribution in [2.75, 3.05) is 11.1 Å². The zero-order chi connectivity index (χ0) is 10.8. The molecule has 2 aromatic rings. The van der Waals surface area contributed by atoms with Crippen molar-refractivity contribution in [3.05, 3.63) is 34.9 Å². The highest BCUT2D eigenvalue weighted by atomic mass is 79.9. The van der Waals surface area contributed by atoms with Gasteiger partial charge in [0.1, 0.15) is 0 Å². The molecule has 2 rings (SSSR count). The van der Waals surface area contributed by atoms with E-state index in [9.17, 15) is 0 Å². The van der Waals surface area contributed by atoms with Gasteiger partial charge in [-0.05, 0) is 18.2 Å². The highest BCUT2D eigenvalue weighted by Gasteiger charge is 2.02. The lowest BCUT2D eigenvalue weighted by atomic mass is 10.3. The van der Waals surface area contributed by atoms with Crippen LogP contribution in [0.4, 0.5) is 17.2 Å². The highest BCUT2D eigenvalue weighted by molar-refractivity contribution is 9.10. The second kappa shape index (κ2) is 3.94. The summed E-state index contributed by atoms with van der Waals surface area (Å²) in [5.41, 5.74) is 7.37. The maximum absolute atomic E-state index is 5.83. The molecule has 3 N–H and O–H groups in total. The molecule has 0 unspecified atom stereocenters. The third-order valence-electron chi connectivity index (χ3n) is 1.99. The molecule has 1 aromatic heterocycles. The van der Waals surface area contributed by atoms with E-state index in [0.717, 1.165) is 16.0 Å². The van der Waals surface area contributed by atoms with Gasteiger partial charge in [-0.15, -0.1) is 0 Å². The number of nitrogens with two attached hydrogens (primary N) is 1. The molecule has 1 heterocycles. The monoisotopic (exact) mass is 266 g/mol. The van der Waals surface area contributed by atoms with Crippen LogP contribution in [0.5, 0.6) is 0 Å². The first-order valence-corrected chi connectivity index (χ1v) is 5.26. The fraction of sp³-hybridized carbons (Fsp3) is 0.100. The minimum absolute atomic E-state index is 0.698. The molecule has 0 bridgehead atoms. The van der Waals surface area contributed by atoms with Crippen molar-refractivity contribution in [3.63, 3.8) is 0 Å². The number of rotatable bonds is 2.